The van der Waals surface area contributed by atoms with E-state index in [1.807, 2.05) is 0 Å². The van der Waals surface area contributed by atoms with Gasteiger partial charge in [-0.2, -0.15) is 13.2 Å². The van der Waals surface area contributed by atoms with Crippen LogP contribution in [-0.2, 0) is 10.5 Å². The number of rotatable bonds is 1. The second-order valence-electron chi connectivity index (χ2n) is 2.26. The summed E-state index contributed by atoms with van der Waals surface area (Å²) in [6, 6.07) is 2.11. The molecule has 14 heavy (non-hydrogen) atoms. The molecule has 0 unspecified atom stereocenters. The van der Waals surface area contributed by atoms with Crippen molar-refractivity contribution in [1.29, 1.82) is 0 Å². The number of alkyl halides is 3. The Morgan fingerprint density at radius 2 is 2.14 bits per heavy atom. The van der Waals surface area contributed by atoms with E-state index in [9.17, 15) is 18.0 Å². The van der Waals surface area contributed by atoms with Gasteiger partial charge in [-0.1, -0.05) is 0 Å². The highest BCUT2D eigenvalue weighted by molar-refractivity contribution is 6.16. The second kappa shape index (κ2) is 3.83. The third kappa shape index (κ3) is 2.14. The lowest BCUT2D eigenvalue weighted by Crippen LogP contribution is -2.15. The van der Waals surface area contributed by atoms with Crippen LogP contribution in [0.4, 0.5) is 13.2 Å². The van der Waals surface area contributed by atoms with Gasteiger partial charge in [0.25, 0.3) is 0 Å². The van der Waals surface area contributed by atoms with Gasteiger partial charge in [-0.25, -0.2) is 4.79 Å². The van der Waals surface area contributed by atoms with Gasteiger partial charge in [-0.15, -0.1) is 0 Å². The molecule has 0 spiro atoms. The number of carbonyl (C=O) groups is 1. The Kier molecular flexibility index (Phi) is 2.95. The molecule has 0 bridgehead atoms. The number of pyridine rings is 1. The highest BCUT2D eigenvalue weighted by Gasteiger charge is 2.37. The normalized spacial score (nSPS) is 11.1. The molecule has 0 amide bonds. The van der Waals surface area contributed by atoms with Gasteiger partial charge < -0.3 is 4.29 Å². The summed E-state index contributed by atoms with van der Waals surface area (Å²) in [4.78, 5) is 13.8. The third-order valence-corrected chi connectivity index (χ3v) is 1.51. The predicted octanol–water partition coefficient (Wildman–Crippen LogP) is 2.41. The summed E-state index contributed by atoms with van der Waals surface area (Å²) in [5.41, 5.74) is -2.03. The molecule has 76 valence electrons. The first-order chi connectivity index (χ1) is 6.46. The van der Waals surface area contributed by atoms with Crippen molar-refractivity contribution in [3.05, 3.63) is 29.6 Å². The number of carbonyl (C=O) groups excluding carboxylic acids is 1. The van der Waals surface area contributed by atoms with Crippen molar-refractivity contribution in [1.82, 2.24) is 4.98 Å². The van der Waals surface area contributed by atoms with Crippen molar-refractivity contribution < 1.29 is 22.3 Å². The minimum absolute atomic E-state index is 0.713. The summed E-state index contributed by atoms with van der Waals surface area (Å²) in [5.74, 6) is -1.29. The standard InChI is InChI=1S/C7H3ClF3NO2/c8-14-6(13)4-2-1-3-12-5(4)7(9,10)11/h1-3H. The molecule has 0 saturated heterocycles. The van der Waals surface area contributed by atoms with E-state index in [2.05, 4.69) is 21.1 Å². The van der Waals surface area contributed by atoms with Crippen molar-refractivity contribution in [2.75, 3.05) is 0 Å². The van der Waals surface area contributed by atoms with E-state index in [4.69, 9.17) is 0 Å². The summed E-state index contributed by atoms with van der Waals surface area (Å²) in [6.45, 7) is 0. The van der Waals surface area contributed by atoms with Gasteiger partial charge in [0, 0.05) is 6.20 Å². The maximum Gasteiger partial charge on any atom is 0.434 e. The minimum atomic E-state index is -4.71. The summed E-state index contributed by atoms with van der Waals surface area (Å²) in [7, 11) is 0. The van der Waals surface area contributed by atoms with Crippen LogP contribution >= 0.6 is 11.9 Å². The fraction of sp³-hybridized carbons (Fsp3) is 0.143. The summed E-state index contributed by atoms with van der Waals surface area (Å²) < 4.78 is 40.4. The molecule has 1 rings (SSSR count). The van der Waals surface area contributed by atoms with Crippen LogP contribution in [0.1, 0.15) is 16.1 Å². The predicted molar refractivity (Wildman–Crippen MR) is 40.5 cm³/mol. The number of nitrogens with zero attached hydrogens (tertiary/aromatic N) is 1. The van der Waals surface area contributed by atoms with Crippen molar-refractivity contribution in [3.8, 4) is 0 Å². The Labute approximate surface area is 81.6 Å². The summed E-state index contributed by atoms with van der Waals surface area (Å²) >= 11 is 4.66. The molecule has 0 aliphatic carbocycles. The van der Waals surface area contributed by atoms with Crippen LogP contribution < -0.4 is 0 Å². The van der Waals surface area contributed by atoms with Gasteiger partial charge in [0.15, 0.2) is 5.69 Å². The first-order valence-corrected chi connectivity index (χ1v) is 3.63. The van der Waals surface area contributed by atoms with E-state index in [0.717, 1.165) is 12.3 Å². The van der Waals surface area contributed by atoms with Crippen LogP contribution in [0.25, 0.3) is 0 Å². The van der Waals surface area contributed by atoms with Crippen LogP contribution in [0.15, 0.2) is 18.3 Å². The Hall–Kier alpha value is -1.30. The van der Waals surface area contributed by atoms with Gasteiger partial charge in [0.2, 0.25) is 0 Å². The number of hydrogen-bond donors (Lipinski definition) is 0. The van der Waals surface area contributed by atoms with E-state index >= 15 is 0 Å². The molecule has 7 heteroatoms. The molecule has 0 aliphatic heterocycles. The van der Waals surface area contributed by atoms with Gasteiger partial charge in [0.1, 0.15) is 11.9 Å². The van der Waals surface area contributed by atoms with E-state index in [1.54, 1.807) is 0 Å². The maximum absolute atomic E-state index is 12.2. The van der Waals surface area contributed by atoms with Crippen molar-refractivity contribution in [3.63, 3.8) is 0 Å². The monoisotopic (exact) mass is 225 g/mol. The van der Waals surface area contributed by atoms with Crippen LogP contribution in [0.5, 0.6) is 0 Å². The van der Waals surface area contributed by atoms with Gasteiger partial charge in [-0.3, -0.25) is 4.98 Å². The van der Waals surface area contributed by atoms with Crippen LogP contribution in [0, 0.1) is 0 Å². The second-order valence-corrected chi connectivity index (χ2v) is 2.42. The van der Waals surface area contributed by atoms with Crippen LogP contribution in [0.2, 0.25) is 0 Å². The fourth-order valence-corrected chi connectivity index (χ4v) is 0.921. The molecule has 1 aromatic heterocycles. The topological polar surface area (TPSA) is 39.2 Å². The van der Waals surface area contributed by atoms with Crippen molar-refractivity contribution in [2.45, 2.75) is 6.18 Å². The molecule has 0 N–H and O–H groups in total. The number of hydrogen-bond acceptors (Lipinski definition) is 3. The average molecular weight is 226 g/mol. The lowest BCUT2D eigenvalue weighted by Gasteiger charge is -2.08. The quantitative estimate of drug-likeness (QED) is 0.737. The lowest BCUT2D eigenvalue weighted by molar-refractivity contribution is -0.141. The molecule has 3 nitrogen and oxygen atoms in total. The molecular weight excluding hydrogens is 223 g/mol. The van der Waals surface area contributed by atoms with Gasteiger partial charge >= 0.3 is 12.1 Å². The Morgan fingerprint density at radius 1 is 1.50 bits per heavy atom. The minimum Gasteiger partial charge on any atom is -0.343 e. The number of aromatic nitrogens is 1. The largest absolute Gasteiger partial charge is 0.434 e. The zero-order chi connectivity index (χ0) is 10.8. The molecule has 1 heterocycles. The first-order valence-electron chi connectivity index (χ1n) is 3.32. The molecule has 0 radical (unpaired) electrons. The van der Waals surface area contributed by atoms with E-state index in [-0.39, 0.29) is 0 Å². The highest BCUT2D eigenvalue weighted by atomic mass is 35.5. The molecule has 1 aromatic rings. The van der Waals surface area contributed by atoms with Crippen molar-refractivity contribution >= 4 is 17.8 Å². The van der Waals surface area contributed by atoms with Crippen molar-refractivity contribution in [2.24, 2.45) is 0 Å². The Morgan fingerprint density at radius 3 is 2.64 bits per heavy atom. The van der Waals surface area contributed by atoms with Gasteiger partial charge in [0.05, 0.1) is 5.56 Å². The smallest absolute Gasteiger partial charge is 0.343 e. The number of halogens is 4. The highest BCUT2D eigenvalue weighted by Crippen LogP contribution is 2.30. The average Bonchev–Trinajstić information content (AvgIpc) is 2.15. The summed E-state index contributed by atoms with van der Waals surface area (Å²) in [5, 5.41) is 0. The Bertz CT molecular complexity index is 353. The summed E-state index contributed by atoms with van der Waals surface area (Å²) in [6.07, 6.45) is -3.78. The van der Waals surface area contributed by atoms with E-state index < -0.39 is 23.4 Å². The Balaban J connectivity index is 3.23. The molecule has 0 atom stereocenters. The van der Waals surface area contributed by atoms with Crippen LogP contribution in [-0.4, -0.2) is 11.0 Å². The van der Waals surface area contributed by atoms with Gasteiger partial charge in [-0.05, 0) is 12.1 Å². The molecule has 0 aliphatic rings. The van der Waals surface area contributed by atoms with E-state index in [0.29, 0.717) is 0 Å². The molecular formula is C7H3ClF3NO2. The molecule has 0 fully saturated rings. The van der Waals surface area contributed by atoms with Crippen LogP contribution in [0.3, 0.4) is 0 Å². The zero-order valence-corrected chi connectivity index (χ0v) is 7.26. The third-order valence-electron chi connectivity index (χ3n) is 1.37. The first kappa shape index (κ1) is 10.8. The maximum atomic E-state index is 12.2. The lowest BCUT2D eigenvalue weighted by atomic mass is 10.2. The SMILES string of the molecule is O=C(OCl)c1cccnc1C(F)(F)F. The zero-order valence-electron chi connectivity index (χ0n) is 6.51. The molecule has 0 saturated carbocycles. The van der Waals surface area contributed by atoms with E-state index in [1.165, 1.54) is 6.07 Å². The molecule has 0 aromatic carbocycles. The fourth-order valence-electron chi connectivity index (χ4n) is 0.837.